The normalized spacial score (nSPS) is 12.8. The molecule has 19 heteroatoms. The second kappa shape index (κ2) is 19.4. The number of rotatable bonds is 13. The van der Waals surface area contributed by atoms with Gasteiger partial charge in [0.25, 0.3) is 0 Å². The van der Waals surface area contributed by atoms with Crippen LogP contribution in [0.5, 0.6) is 0 Å². The molecule has 2 nitrogen and oxygen atoms in total. The Bertz CT molecular complexity index is 2550. The van der Waals surface area contributed by atoms with Crippen LogP contribution in [0, 0.1) is 87.3 Å². The molecule has 0 saturated heterocycles. The highest BCUT2D eigenvalue weighted by Crippen LogP contribution is 2.39. The van der Waals surface area contributed by atoms with E-state index in [1.165, 1.54) is 23.3 Å². The number of hydrogen-bond acceptors (Lipinski definition) is 1. The van der Waals surface area contributed by atoms with Gasteiger partial charge in [-0.1, -0.05) is 91.8 Å². The van der Waals surface area contributed by atoms with Gasteiger partial charge in [0.1, 0.15) is 41.0 Å². The van der Waals surface area contributed by atoms with Crippen LogP contribution in [0.25, 0.3) is 0 Å². The third kappa shape index (κ3) is 8.67. The number of benzene rings is 5. The molecular weight excluding hydrogens is 916 g/mol. The highest BCUT2D eigenvalue weighted by Gasteiger charge is 2.48. The van der Waals surface area contributed by atoms with E-state index in [1.807, 2.05) is 27.7 Å². The molecule has 0 aliphatic rings. The summed E-state index contributed by atoms with van der Waals surface area (Å²) in [5, 5.41) is 0. The van der Waals surface area contributed by atoms with E-state index < -0.39 is 134 Å². The third-order valence-corrected chi connectivity index (χ3v) is 12.2. The van der Waals surface area contributed by atoms with Crippen LogP contribution in [0.2, 0.25) is 6.32 Å². The van der Waals surface area contributed by atoms with Crippen molar-refractivity contribution in [3.8, 4) is 0 Å². The molecule has 2 radical (unpaired) electrons. The summed E-state index contributed by atoms with van der Waals surface area (Å²) in [5.74, 6) is -47.3. The lowest BCUT2D eigenvalue weighted by Crippen LogP contribution is -2.73. The number of halogens is 15. The van der Waals surface area contributed by atoms with E-state index in [0.717, 1.165) is 6.08 Å². The smallest absolute Gasteiger partial charge is 0.256 e. The van der Waals surface area contributed by atoms with Gasteiger partial charge >= 0.3 is 10.0 Å². The Balaban J connectivity index is 2.19. The van der Waals surface area contributed by atoms with Gasteiger partial charge in [-0.05, 0) is 34.8 Å². The number of aliphatic imine (C=N–C) groups is 1. The molecule has 0 aliphatic carbocycles. The van der Waals surface area contributed by atoms with E-state index >= 15 is 52.7 Å². The minimum Gasteiger partial charge on any atom is -0.256 e. The first-order valence-electron chi connectivity index (χ1n) is 20.4. The van der Waals surface area contributed by atoms with Gasteiger partial charge < -0.3 is 0 Å². The highest BCUT2D eigenvalue weighted by atomic mass is 28.1. The van der Waals surface area contributed by atoms with Crippen LogP contribution in [0.15, 0.2) is 53.2 Å². The van der Waals surface area contributed by atoms with Crippen molar-refractivity contribution in [2.24, 2.45) is 4.99 Å². The Kier molecular flexibility index (Phi) is 15.2. The minimum absolute atomic E-state index is 0.0653. The van der Waals surface area contributed by atoms with Crippen molar-refractivity contribution >= 4 is 49.7 Å². The quantitative estimate of drug-likeness (QED) is 0.0367. The van der Waals surface area contributed by atoms with Crippen LogP contribution >= 0.6 is 0 Å². The average Bonchev–Trinajstić information content (AvgIpc) is 3.26. The van der Waals surface area contributed by atoms with Crippen LogP contribution in [-0.4, -0.2) is 26.1 Å². The molecule has 0 aromatic heterocycles. The number of allylic oxidation sites excluding steroid dienone is 2. The van der Waals surface area contributed by atoms with Gasteiger partial charge in [0.15, 0.2) is 63.7 Å². The maximum atomic E-state index is 16.6. The first-order chi connectivity index (χ1) is 30.7. The standard InChI is InChI=1S/C47H40BF15N2Si/c1-18(2)24-12-10-13-25(19(3)4)46(24)64-23(16-22(9)65(66)47-26(20(5)6)14-11-15-27(47)21(7)8)17-48(28-31(49)37(55)43(61)38(56)32(28)50,29-33(51)39(57)44(62)40(58)34(29)52)30-35(53)41(59)45(63)42(60)36(30)54/h10-16,18-21H,17H2,1-9H3/b22-16+,64-23?. The van der Waals surface area contributed by atoms with Crippen molar-refractivity contribution in [1.29, 1.82) is 0 Å². The Morgan fingerprint density at radius 1 is 0.470 bits per heavy atom. The Morgan fingerprint density at radius 2 is 0.727 bits per heavy atom. The van der Waals surface area contributed by atoms with Crippen LogP contribution in [0.1, 0.15) is 108 Å². The summed E-state index contributed by atoms with van der Waals surface area (Å²) >= 11 is 0. The van der Waals surface area contributed by atoms with Gasteiger partial charge in [0.2, 0.25) is 0 Å². The monoisotopic (exact) mass is 956 g/mol. The van der Waals surface area contributed by atoms with E-state index in [0.29, 0.717) is 27.9 Å². The van der Waals surface area contributed by atoms with Gasteiger partial charge in [0, 0.05) is 29.8 Å². The van der Waals surface area contributed by atoms with Crippen molar-refractivity contribution in [3.63, 3.8) is 0 Å². The molecule has 5 rings (SSSR count). The zero-order valence-corrected chi connectivity index (χ0v) is 37.7. The molecule has 0 unspecified atom stereocenters. The molecule has 0 aliphatic heterocycles. The summed E-state index contributed by atoms with van der Waals surface area (Å²) in [5.41, 5.74) is -6.70. The molecule has 0 bridgehead atoms. The molecular formula is C47H40BF15N2Si. The van der Waals surface area contributed by atoms with Crippen molar-refractivity contribution in [2.75, 3.05) is 0 Å². The second-order valence-corrected chi connectivity index (χ2v) is 17.6. The zero-order valence-electron chi connectivity index (χ0n) is 36.7. The summed E-state index contributed by atoms with van der Waals surface area (Å²) in [4.78, 5) is 4.65. The Labute approximate surface area is 374 Å². The molecule has 350 valence electrons. The molecule has 5 aromatic rings. The molecule has 0 heterocycles. The van der Waals surface area contributed by atoms with Crippen molar-refractivity contribution in [2.45, 2.75) is 92.3 Å². The third-order valence-electron chi connectivity index (χ3n) is 11.6. The molecule has 0 atom stereocenters. The van der Waals surface area contributed by atoms with Gasteiger partial charge in [-0.2, -0.15) is 0 Å². The fourth-order valence-electron chi connectivity index (χ4n) is 8.39. The Morgan fingerprint density at radius 3 is 1.00 bits per heavy atom. The van der Waals surface area contributed by atoms with Crippen LogP contribution in [-0.2, 0) is 0 Å². The summed E-state index contributed by atoms with van der Waals surface area (Å²) in [7, 11) is 3.55. The zero-order chi connectivity index (χ0) is 49.8. The molecule has 0 N–H and O–H groups in total. The summed E-state index contributed by atoms with van der Waals surface area (Å²) in [6.07, 6.45) is -7.14. The maximum absolute atomic E-state index is 16.6. The predicted molar refractivity (Wildman–Crippen MR) is 224 cm³/mol. The second-order valence-electron chi connectivity index (χ2n) is 17.1. The molecule has 0 spiro atoms. The highest BCUT2D eigenvalue weighted by molar-refractivity contribution is 7.13. The topological polar surface area (TPSA) is 15.4 Å². The van der Waals surface area contributed by atoms with E-state index in [2.05, 4.69) is 15.0 Å². The lowest BCUT2D eigenvalue weighted by Gasteiger charge is -2.44. The van der Waals surface area contributed by atoms with Gasteiger partial charge in [0.05, 0.1) is 5.69 Å². The maximum Gasteiger partial charge on any atom is 0.516 e. The molecule has 0 saturated carbocycles. The van der Waals surface area contributed by atoms with E-state index in [4.69, 9.17) is 0 Å². The van der Waals surface area contributed by atoms with Crippen LogP contribution in [0.3, 0.4) is 0 Å². The number of hydrogen-bond donors (Lipinski definition) is 0. The largest absolute Gasteiger partial charge is 0.516 e. The molecule has 66 heavy (non-hydrogen) atoms. The summed E-state index contributed by atoms with van der Waals surface area (Å²) in [6, 6.07) is 9.91. The van der Waals surface area contributed by atoms with Crippen LogP contribution in [0.4, 0.5) is 77.2 Å². The fraction of sp³-hybridized carbons (Fsp3) is 0.298. The molecule has 5 aromatic carbocycles. The number of para-hydroxylation sites is 2. The SMILES string of the molecule is C/C(=C\C(C[B-](c1c(F)c(F)c(F)c(F)c1F)(c1c(F)c(F)c(F)c(F)c1F)c1c(F)c(F)c(F)c(F)c1F)=Nc1c(C(C)C)cccc1C(C)C)[N+](=[Si])c1c(C(C)C)cccc1C(C)C. The number of nitrogens with zero attached hydrogens (tertiary/aromatic N) is 2. The fourth-order valence-corrected chi connectivity index (χ4v) is 8.71. The van der Waals surface area contributed by atoms with Crippen molar-refractivity contribution in [1.82, 2.24) is 0 Å². The predicted octanol–water partition coefficient (Wildman–Crippen LogP) is 13.1. The minimum atomic E-state index is -5.98. The van der Waals surface area contributed by atoms with Gasteiger partial charge in [-0.3, -0.25) is 4.99 Å². The summed E-state index contributed by atoms with van der Waals surface area (Å²) in [6.45, 7) is 15.3. The van der Waals surface area contributed by atoms with Gasteiger partial charge in [-0.25, -0.2) is 70.1 Å². The van der Waals surface area contributed by atoms with Crippen LogP contribution < -0.4 is 16.4 Å². The van der Waals surface area contributed by atoms with Gasteiger partial charge in [-0.15, -0.1) is 22.7 Å². The molecule has 0 amide bonds. The van der Waals surface area contributed by atoms with Crippen molar-refractivity contribution < 1.29 is 70.1 Å². The molecule has 0 fully saturated rings. The van der Waals surface area contributed by atoms with E-state index in [-0.39, 0.29) is 23.2 Å². The summed E-state index contributed by atoms with van der Waals surface area (Å²) < 4.78 is 239. The first-order valence-corrected chi connectivity index (χ1v) is 20.9. The lowest BCUT2D eigenvalue weighted by molar-refractivity contribution is -0.364. The Hall–Kier alpha value is -5.46. The first kappa shape index (κ1) is 51.5. The lowest BCUT2D eigenvalue weighted by atomic mass is 9.13. The van der Waals surface area contributed by atoms with E-state index in [1.54, 1.807) is 52.0 Å². The van der Waals surface area contributed by atoms with Crippen molar-refractivity contribution in [3.05, 3.63) is 158 Å². The van der Waals surface area contributed by atoms with E-state index in [9.17, 15) is 13.2 Å². The average molecular weight is 957 g/mol.